The SMILES string of the molecule is CC[C@@]1(O)C(=O)OCc2c1cc1n(c2=O)Cc2c-1nc1cc(F)c3c(c1c2CNC(=O)COCNC(=O)[C@H](C)NC(=O)[C@H](C)NC(=O)[C@H](C)NC(=O)CC[C@H](NCCCCC#Cc1cnc(S(C)(=O)=O)nc1)C(=O)NCCOCCOCCOCCOCCOCCOCCOCCOC)CCC3. The fourth-order valence-corrected chi connectivity index (χ4v) is 11.8. The molecule has 34 heteroatoms. The number of aryl methyl sites for hydroxylation is 1. The molecule has 2 aliphatic heterocycles. The van der Waals surface area contributed by atoms with Crippen LogP contribution in [0.3, 0.4) is 0 Å². The van der Waals surface area contributed by atoms with Gasteiger partial charge in [0.05, 0.1) is 140 Å². The van der Waals surface area contributed by atoms with Crippen LogP contribution < -0.4 is 42.8 Å². The summed E-state index contributed by atoms with van der Waals surface area (Å²) in [6, 6.07) is -1.35. The van der Waals surface area contributed by atoms with E-state index in [0.717, 1.165) is 11.8 Å². The predicted octanol–water partition coefficient (Wildman–Crippen LogP) is -0.0393. The molecule has 7 rings (SSSR count). The van der Waals surface area contributed by atoms with Gasteiger partial charge in [-0.1, -0.05) is 18.8 Å². The molecule has 5 atom stereocenters. The molecule has 0 saturated carbocycles. The van der Waals surface area contributed by atoms with Crippen molar-refractivity contribution in [2.75, 3.05) is 139 Å². The van der Waals surface area contributed by atoms with Crippen LogP contribution >= 0.6 is 0 Å². The molecule has 6 amide bonds. The van der Waals surface area contributed by atoms with Gasteiger partial charge in [-0.2, -0.15) is 0 Å². The van der Waals surface area contributed by atoms with E-state index in [4.69, 9.17) is 52.4 Å². The minimum atomic E-state index is -3.56. The maximum absolute atomic E-state index is 15.6. The number of hydrogen-bond donors (Lipinski definition) is 8. The minimum Gasteiger partial charge on any atom is -0.458 e. The van der Waals surface area contributed by atoms with E-state index in [1.54, 1.807) is 20.1 Å². The number of aromatic nitrogens is 4. The summed E-state index contributed by atoms with van der Waals surface area (Å²) in [5, 5.41) is 30.7. The highest BCUT2D eigenvalue weighted by atomic mass is 32.2. The molecule has 0 saturated heterocycles. The van der Waals surface area contributed by atoms with E-state index >= 15 is 4.39 Å². The summed E-state index contributed by atoms with van der Waals surface area (Å²) < 4.78 is 94.5. The average molecular weight is 1470 g/mol. The van der Waals surface area contributed by atoms with Crippen LogP contribution in [-0.4, -0.2) is 238 Å². The smallest absolute Gasteiger partial charge is 0.343 e. The number of cyclic esters (lactones) is 1. The fourth-order valence-electron chi connectivity index (χ4n) is 11.3. The quantitative estimate of drug-likeness (QED) is 0.00833. The van der Waals surface area contributed by atoms with Crippen molar-refractivity contribution >= 4 is 62.2 Å². The van der Waals surface area contributed by atoms with Gasteiger partial charge in [0.15, 0.2) is 5.60 Å². The molecule has 0 spiro atoms. The van der Waals surface area contributed by atoms with Gasteiger partial charge < -0.3 is 94.3 Å². The topological polar surface area (TPSA) is 411 Å². The van der Waals surface area contributed by atoms with Crippen molar-refractivity contribution in [2.45, 2.75) is 140 Å². The summed E-state index contributed by atoms with van der Waals surface area (Å²) in [6.45, 7) is 11.1. The zero-order valence-corrected chi connectivity index (χ0v) is 60.0. The molecule has 0 unspecified atom stereocenters. The molecule has 0 fully saturated rings. The first-order valence-corrected chi connectivity index (χ1v) is 36.4. The number of amides is 6. The van der Waals surface area contributed by atoms with Gasteiger partial charge >= 0.3 is 5.97 Å². The molecule has 3 aliphatic rings. The fraction of sp³-hybridized carbons (Fsp3) is 0.609. The van der Waals surface area contributed by atoms with Crippen molar-refractivity contribution in [3.8, 4) is 23.2 Å². The van der Waals surface area contributed by atoms with Crippen LogP contribution in [0.25, 0.3) is 22.3 Å². The second-order valence-electron chi connectivity index (χ2n) is 24.5. The lowest BCUT2D eigenvalue weighted by Gasteiger charge is -2.31. The third-order valence-electron chi connectivity index (χ3n) is 16.9. The van der Waals surface area contributed by atoms with Crippen molar-refractivity contribution in [1.82, 2.24) is 56.7 Å². The van der Waals surface area contributed by atoms with Crippen LogP contribution in [-0.2, 0) is 129 Å². The number of halogens is 1. The molecule has 32 nitrogen and oxygen atoms in total. The molecule has 3 aromatic heterocycles. The van der Waals surface area contributed by atoms with Crippen LogP contribution in [0, 0.1) is 17.7 Å². The third kappa shape index (κ3) is 24.8. The summed E-state index contributed by atoms with van der Waals surface area (Å²) in [7, 11) is -1.94. The van der Waals surface area contributed by atoms with E-state index in [1.165, 1.54) is 43.8 Å². The van der Waals surface area contributed by atoms with Gasteiger partial charge in [-0.3, -0.25) is 33.6 Å². The average Bonchev–Trinajstić information content (AvgIpc) is 1.59. The summed E-state index contributed by atoms with van der Waals surface area (Å²) in [5.74, 6) is 0.963. The van der Waals surface area contributed by atoms with Crippen molar-refractivity contribution in [3.05, 3.63) is 79.6 Å². The van der Waals surface area contributed by atoms with Crippen molar-refractivity contribution in [1.29, 1.82) is 0 Å². The number of unbranched alkanes of at least 4 members (excludes halogenated alkanes) is 2. The summed E-state index contributed by atoms with van der Waals surface area (Å²) >= 11 is 0. The maximum Gasteiger partial charge on any atom is 0.343 e. The Morgan fingerprint density at radius 1 is 0.699 bits per heavy atom. The van der Waals surface area contributed by atoms with Gasteiger partial charge in [0.1, 0.15) is 43.9 Å². The molecule has 566 valence electrons. The number of hydrogen-bond acceptors (Lipinski definition) is 25. The lowest BCUT2D eigenvalue weighted by Crippen LogP contribution is -2.54. The van der Waals surface area contributed by atoms with Crippen molar-refractivity contribution in [2.24, 2.45) is 0 Å². The molecule has 0 bridgehead atoms. The van der Waals surface area contributed by atoms with Crippen LogP contribution in [0.4, 0.5) is 4.39 Å². The standard InChI is InChI=1S/C69H96FN11O21S/c1-7-69(90)53-35-57-61-51(40-81(57)66(88)52(53)41-102-67(69)89)50(60-49-15-12-14-48(49)54(70)36-56(60)80-61)39-73-59(83)42-101-43-76-62(84)44(2)78-64(86)46(4)79-63(85)45(3)77-58(82)17-16-55(71-18-11-9-8-10-13-47-37-74-68(75-38-47)103(6,91)92)65(87)72-19-20-94-23-24-96-27-28-98-31-32-100-34-33-99-30-29-97-26-25-95-22-21-93-5/h35-38,44-46,55,71,90H,7-9,11-12,14-34,39-43H2,1-6H3,(H,72,87)(H,73,83)(H,76,84)(H,77,82)(H,78,86)(H,79,85)/t44-,45-,46-,55-,69-/m0/s1. The first kappa shape index (κ1) is 82.2. The van der Waals surface area contributed by atoms with Crippen molar-refractivity contribution < 1.29 is 98.8 Å². The lowest BCUT2D eigenvalue weighted by atomic mass is 9.86. The molecule has 1 aliphatic carbocycles. The van der Waals surface area contributed by atoms with Crippen LogP contribution in [0.1, 0.15) is 112 Å². The Balaban J connectivity index is 0.787. The third-order valence-corrected chi connectivity index (χ3v) is 17.8. The number of benzene rings is 1. The summed E-state index contributed by atoms with van der Waals surface area (Å²) in [6.07, 6.45) is 6.99. The second-order valence-corrected chi connectivity index (χ2v) is 26.5. The Labute approximate surface area is 597 Å². The number of aliphatic hydroxyl groups is 1. The Hall–Kier alpha value is -8.05. The summed E-state index contributed by atoms with van der Waals surface area (Å²) in [4.78, 5) is 119. The number of nitrogens with one attached hydrogen (secondary N) is 7. The Kier molecular flexibility index (Phi) is 33.6. The molecule has 8 N–H and O–H groups in total. The molecule has 5 heterocycles. The number of esters is 1. The lowest BCUT2D eigenvalue weighted by molar-refractivity contribution is -0.172. The van der Waals surface area contributed by atoms with Crippen LogP contribution in [0.5, 0.6) is 0 Å². The van der Waals surface area contributed by atoms with E-state index in [0.29, 0.717) is 176 Å². The molecule has 1 aromatic carbocycles. The van der Waals surface area contributed by atoms with Gasteiger partial charge in [-0.25, -0.2) is 32.6 Å². The first-order valence-electron chi connectivity index (χ1n) is 34.5. The Morgan fingerprint density at radius 3 is 1.88 bits per heavy atom. The molecule has 4 aromatic rings. The molecule has 103 heavy (non-hydrogen) atoms. The number of sulfone groups is 1. The zero-order valence-electron chi connectivity index (χ0n) is 59.2. The van der Waals surface area contributed by atoms with E-state index in [9.17, 15) is 51.9 Å². The van der Waals surface area contributed by atoms with Gasteiger partial charge in [-0.15, -0.1) is 0 Å². The molecule has 0 radical (unpaired) electrons. The van der Waals surface area contributed by atoms with Crippen LogP contribution in [0.15, 0.2) is 34.5 Å². The van der Waals surface area contributed by atoms with E-state index in [1.807, 2.05) is 0 Å². The van der Waals surface area contributed by atoms with Gasteiger partial charge in [0.2, 0.25) is 50.4 Å². The number of fused-ring (bicyclic) bond motifs is 7. The normalized spacial score (nSPS) is 15.5. The highest BCUT2D eigenvalue weighted by Gasteiger charge is 2.46. The van der Waals surface area contributed by atoms with Gasteiger partial charge in [0, 0.05) is 74.3 Å². The monoisotopic (exact) mass is 1470 g/mol. The van der Waals surface area contributed by atoms with Crippen molar-refractivity contribution in [3.63, 3.8) is 0 Å². The van der Waals surface area contributed by atoms with Crippen LogP contribution in [0.2, 0.25) is 0 Å². The van der Waals surface area contributed by atoms with E-state index in [-0.39, 0.29) is 80.9 Å². The number of nitrogens with zero attached hydrogens (tertiary/aromatic N) is 4. The highest BCUT2D eigenvalue weighted by molar-refractivity contribution is 7.90. The number of carbonyl (C=O) groups is 7. The summed E-state index contributed by atoms with van der Waals surface area (Å²) in [5.41, 5.74) is 1.65. The molecular formula is C69H96FN11O21S. The van der Waals surface area contributed by atoms with Gasteiger partial charge in [0.25, 0.3) is 5.56 Å². The largest absolute Gasteiger partial charge is 0.458 e. The van der Waals surface area contributed by atoms with E-state index in [2.05, 4.69) is 59.0 Å². The number of methoxy groups -OCH3 is 1. The first-order chi connectivity index (χ1) is 49.6. The predicted molar refractivity (Wildman–Crippen MR) is 368 cm³/mol. The van der Waals surface area contributed by atoms with Gasteiger partial charge in [-0.05, 0) is 95.0 Å². The maximum atomic E-state index is 15.6. The minimum absolute atomic E-state index is 0.0397. The van der Waals surface area contributed by atoms with E-state index < -0.39 is 99.8 Å². The number of carbonyl (C=O) groups excluding carboxylic acids is 7. The highest BCUT2D eigenvalue weighted by Crippen LogP contribution is 2.43. The number of ether oxygens (including phenoxy) is 10. The zero-order chi connectivity index (χ0) is 74.3. The Bertz CT molecular complexity index is 3800. The molecular weight excluding hydrogens is 1370 g/mol. The number of rotatable bonds is 47. The Morgan fingerprint density at radius 2 is 1.28 bits per heavy atom. The number of pyridine rings is 2. The second kappa shape index (κ2) is 42.0.